The van der Waals surface area contributed by atoms with Crippen LogP contribution in [-0.4, -0.2) is 35.7 Å². The first kappa shape index (κ1) is 16.5. The minimum atomic E-state index is -0.388. The number of anilines is 1. The second-order valence-electron chi connectivity index (χ2n) is 5.18. The zero-order valence-electron chi connectivity index (χ0n) is 12.9. The van der Waals surface area contributed by atoms with Crippen LogP contribution in [0.1, 0.15) is 38.3 Å². The van der Waals surface area contributed by atoms with Crippen molar-refractivity contribution in [3.63, 3.8) is 0 Å². The summed E-state index contributed by atoms with van der Waals surface area (Å²) in [6.07, 6.45) is 2.16. The molecule has 0 aliphatic rings. The van der Waals surface area contributed by atoms with Gasteiger partial charge in [-0.3, -0.25) is 0 Å². The van der Waals surface area contributed by atoms with E-state index >= 15 is 0 Å². The van der Waals surface area contributed by atoms with Crippen LogP contribution in [0.25, 0.3) is 0 Å². The van der Waals surface area contributed by atoms with Crippen molar-refractivity contribution < 1.29 is 9.90 Å². The molecule has 1 unspecified atom stereocenters. The van der Waals surface area contributed by atoms with Gasteiger partial charge in [0.25, 0.3) is 0 Å². The maximum atomic E-state index is 12.0. The Bertz CT molecular complexity index is 444. The molecular weight excluding hydrogens is 252 g/mol. The Balaban J connectivity index is 2.66. The van der Waals surface area contributed by atoms with Gasteiger partial charge in [-0.2, -0.15) is 0 Å². The van der Waals surface area contributed by atoms with Crippen molar-refractivity contribution in [1.82, 2.24) is 4.90 Å². The number of aryl methyl sites for hydroxylation is 2. The highest BCUT2D eigenvalue weighted by molar-refractivity contribution is 5.89. The van der Waals surface area contributed by atoms with Gasteiger partial charge in [0.15, 0.2) is 0 Å². The number of carbonyl (C=O) groups excluding carboxylic acids is 1. The molecule has 0 saturated carbocycles. The van der Waals surface area contributed by atoms with E-state index in [1.165, 1.54) is 11.1 Å². The van der Waals surface area contributed by atoms with Crippen molar-refractivity contribution in [2.45, 2.75) is 46.1 Å². The van der Waals surface area contributed by atoms with E-state index in [-0.39, 0.29) is 12.1 Å². The van der Waals surface area contributed by atoms with Crippen LogP contribution in [0.2, 0.25) is 0 Å². The molecule has 0 spiro atoms. The first-order chi connectivity index (χ1) is 9.47. The van der Waals surface area contributed by atoms with Crippen LogP contribution in [0.5, 0.6) is 0 Å². The maximum Gasteiger partial charge on any atom is 0.321 e. The maximum absolute atomic E-state index is 12.0. The number of aliphatic hydroxyl groups is 1. The molecule has 2 amide bonds. The highest BCUT2D eigenvalue weighted by atomic mass is 16.3. The molecule has 0 radical (unpaired) electrons. The quantitative estimate of drug-likeness (QED) is 0.840. The van der Waals surface area contributed by atoms with E-state index in [4.69, 9.17) is 0 Å². The minimum Gasteiger partial charge on any atom is -0.393 e. The summed E-state index contributed by atoms with van der Waals surface area (Å²) in [6, 6.07) is 5.92. The second kappa shape index (κ2) is 7.90. The molecule has 112 valence electrons. The first-order valence-corrected chi connectivity index (χ1v) is 7.29. The number of aliphatic hydroxyl groups excluding tert-OH is 1. The van der Waals surface area contributed by atoms with Gasteiger partial charge in [0.2, 0.25) is 0 Å². The molecule has 0 aromatic heterocycles. The topological polar surface area (TPSA) is 52.6 Å². The summed E-state index contributed by atoms with van der Waals surface area (Å²) in [6.45, 7) is 6.52. The molecule has 0 bridgehead atoms. The third-order valence-corrected chi connectivity index (χ3v) is 3.45. The molecule has 20 heavy (non-hydrogen) atoms. The normalized spacial score (nSPS) is 12.1. The average molecular weight is 278 g/mol. The van der Waals surface area contributed by atoms with Crippen molar-refractivity contribution in [3.8, 4) is 0 Å². The summed E-state index contributed by atoms with van der Waals surface area (Å²) < 4.78 is 0. The number of rotatable bonds is 6. The van der Waals surface area contributed by atoms with Gasteiger partial charge in [-0.05, 0) is 49.4 Å². The average Bonchev–Trinajstić information content (AvgIpc) is 2.44. The smallest absolute Gasteiger partial charge is 0.321 e. The SMILES string of the molecule is CCc1ccc(NC(=O)N(C)CCC(C)O)cc1CC. The molecule has 0 aliphatic carbocycles. The van der Waals surface area contributed by atoms with Crippen LogP contribution in [0.15, 0.2) is 18.2 Å². The van der Waals surface area contributed by atoms with Gasteiger partial charge in [0.05, 0.1) is 6.10 Å². The number of urea groups is 1. The first-order valence-electron chi connectivity index (χ1n) is 7.29. The Hall–Kier alpha value is -1.55. The lowest BCUT2D eigenvalue weighted by Gasteiger charge is -2.19. The molecule has 2 N–H and O–H groups in total. The Kier molecular flexibility index (Phi) is 6.52. The van der Waals surface area contributed by atoms with Crippen LogP contribution < -0.4 is 5.32 Å². The molecule has 0 fully saturated rings. The van der Waals surface area contributed by atoms with Crippen LogP contribution in [0, 0.1) is 0 Å². The highest BCUT2D eigenvalue weighted by Gasteiger charge is 2.10. The number of amides is 2. The van der Waals surface area contributed by atoms with Gasteiger partial charge in [0.1, 0.15) is 0 Å². The van der Waals surface area contributed by atoms with Crippen molar-refractivity contribution in [3.05, 3.63) is 29.3 Å². The van der Waals surface area contributed by atoms with Gasteiger partial charge in [-0.1, -0.05) is 19.9 Å². The Morgan fingerprint density at radius 1 is 1.30 bits per heavy atom. The van der Waals surface area contributed by atoms with Crippen LogP contribution >= 0.6 is 0 Å². The van der Waals surface area contributed by atoms with E-state index in [2.05, 4.69) is 25.2 Å². The zero-order valence-corrected chi connectivity index (χ0v) is 12.9. The third kappa shape index (κ3) is 4.85. The fraction of sp³-hybridized carbons (Fsp3) is 0.562. The number of hydrogen-bond donors (Lipinski definition) is 2. The van der Waals surface area contributed by atoms with Gasteiger partial charge < -0.3 is 15.3 Å². The fourth-order valence-corrected chi connectivity index (χ4v) is 2.08. The molecule has 4 nitrogen and oxygen atoms in total. The zero-order chi connectivity index (χ0) is 15.1. The predicted octanol–water partition coefficient (Wildman–Crippen LogP) is 3.05. The molecule has 0 heterocycles. The van der Waals surface area contributed by atoms with E-state index in [1.807, 2.05) is 12.1 Å². The summed E-state index contributed by atoms with van der Waals surface area (Å²) >= 11 is 0. The lowest BCUT2D eigenvalue weighted by atomic mass is 10.0. The molecule has 0 aliphatic heterocycles. The summed E-state index contributed by atoms with van der Waals surface area (Å²) in [5, 5.41) is 12.1. The van der Waals surface area contributed by atoms with E-state index in [0.29, 0.717) is 13.0 Å². The largest absolute Gasteiger partial charge is 0.393 e. The standard InChI is InChI=1S/C16H26N2O2/c1-5-13-7-8-15(11-14(13)6-2)17-16(20)18(4)10-9-12(3)19/h7-8,11-12,19H,5-6,9-10H2,1-4H3,(H,17,20). The minimum absolute atomic E-state index is 0.142. The molecule has 1 aromatic carbocycles. The fourth-order valence-electron chi connectivity index (χ4n) is 2.08. The van der Waals surface area contributed by atoms with E-state index < -0.39 is 0 Å². The number of nitrogens with one attached hydrogen (secondary N) is 1. The van der Waals surface area contributed by atoms with Crippen LogP contribution in [-0.2, 0) is 12.8 Å². The van der Waals surface area contributed by atoms with Crippen LogP contribution in [0.3, 0.4) is 0 Å². The molecule has 0 saturated heterocycles. The number of benzene rings is 1. The summed E-state index contributed by atoms with van der Waals surface area (Å²) in [7, 11) is 1.73. The molecular formula is C16H26N2O2. The van der Waals surface area contributed by atoms with Crippen molar-refractivity contribution in [1.29, 1.82) is 0 Å². The Morgan fingerprint density at radius 3 is 2.50 bits per heavy atom. The second-order valence-corrected chi connectivity index (χ2v) is 5.18. The lowest BCUT2D eigenvalue weighted by Crippen LogP contribution is -2.33. The van der Waals surface area contributed by atoms with Crippen molar-refractivity contribution in [2.24, 2.45) is 0 Å². The summed E-state index contributed by atoms with van der Waals surface area (Å²) in [5.41, 5.74) is 3.43. The van der Waals surface area contributed by atoms with Crippen molar-refractivity contribution in [2.75, 3.05) is 18.9 Å². The number of carbonyl (C=O) groups is 1. The summed E-state index contributed by atoms with van der Waals surface area (Å²) in [4.78, 5) is 13.6. The molecule has 4 heteroatoms. The monoisotopic (exact) mass is 278 g/mol. The number of hydrogen-bond acceptors (Lipinski definition) is 2. The summed E-state index contributed by atoms with van der Waals surface area (Å²) in [5.74, 6) is 0. The molecule has 1 rings (SSSR count). The van der Waals surface area contributed by atoms with E-state index in [9.17, 15) is 9.90 Å². The molecule has 1 aromatic rings. The highest BCUT2D eigenvalue weighted by Crippen LogP contribution is 2.17. The van der Waals surface area contributed by atoms with E-state index in [0.717, 1.165) is 18.5 Å². The van der Waals surface area contributed by atoms with Gasteiger partial charge in [0, 0.05) is 19.3 Å². The van der Waals surface area contributed by atoms with Gasteiger partial charge in [-0.25, -0.2) is 4.79 Å². The third-order valence-electron chi connectivity index (χ3n) is 3.45. The molecule has 1 atom stereocenters. The predicted molar refractivity (Wildman–Crippen MR) is 83.1 cm³/mol. The van der Waals surface area contributed by atoms with Crippen LogP contribution in [0.4, 0.5) is 10.5 Å². The Morgan fingerprint density at radius 2 is 1.95 bits per heavy atom. The Labute approximate surface area is 121 Å². The van der Waals surface area contributed by atoms with Gasteiger partial charge >= 0.3 is 6.03 Å². The lowest BCUT2D eigenvalue weighted by molar-refractivity contribution is 0.167. The van der Waals surface area contributed by atoms with E-state index in [1.54, 1.807) is 18.9 Å². The van der Waals surface area contributed by atoms with Crippen molar-refractivity contribution >= 4 is 11.7 Å². The van der Waals surface area contributed by atoms with Gasteiger partial charge in [-0.15, -0.1) is 0 Å². The number of nitrogens with zero attached hydrogens (tertiary/aromatic N) is 1.